The highest BCUT2D eigenvalue weighted by Crippen LogP contribution is 2.27. The number of hydrogen-bond donors (Lipinski definition) is 4. The number of rotatable bonds is 0. The van der Waals surface area contributed by atoms with Crippen molar-refractivity contribution in [3.05, 3.63) is 34.3 Å². The van der Waals surface area contributed by atoms with Gasteiger partial charge in [-0.3, -0.25) is 0 Å². The first kappa shape index (κ1) is 16.1. The van der Waals surface area contributed by atoms with Crippen LogP contribution in [0.4, 0.5) is 9.59 Å². The van der Waals surface area contributed by atoms with Gasteiger partial charge in [0, 0.05) is 5.02 Å². The van der Waals surface area contributed by atoms with Crippen LogP contribution >= 0.6 is 11.6 Å². The van der Waals surface area contributed by atoms with Crippen LogP contribution in [0.3, 0.4) is 0 Å². The molecule has 0 saturated carbocycles. The van der Waals surface area contributed by atoms with E-state index in [4.69, 9.17) is 31.4 Å². The molecule has 0 unspecified atom stereocenters. The molecule has 0 saturated heterocycles. The second kappa shape index (κ2) is 8.19. The Kier molecular flexibility index (Phi) is 7.30. The van der Waals surface area contributed by atoms with Gasteiger partial charge in [-0.05, 0) is 36.5 Å². The van der Waals surface area contributed by atoms with Gasteiger partial charge in [0.25, 0.3) is 0 Å². The summed E-state index contributed by atoms with van der Waals surface area (Å²) < 4.78 is 0. The van der Waals surface area contributed by atoms with Crippen LogP contribution in [0.15, 0.2) is 18.2 Å². The van der Waals surface area contributed by atoms with Crippen LogP contribution in [-0.2, 0) is 12.8 Å². The molecule has 7 heteroatoms. The van der Waals surface area contributed by atoms with Crippen molar-refractivity contribution < 1.29 is 19.8 Å². The molecule has 1 aliphatic carbocycles. The lowest BCUT2D eigenvalue weighted by molar-refractivity contribution is 0.204. The maximum absolute atomic E-state index is 8.78. The maximum atomic E-state index is 8.78. The number of carbonyl (C=O) groups is 2. The van der Waals surface area contributed by atoms with Crippen molar-refractivity contribution in [2.24, 2.45) is 11.5 Å². The van der Waals surface area contributed by atoms with Gasteiger partial charge in [0.15, 0.2) is 0 Å². The number of benzene rings is 1. The predicted molar refractivity (Wildman–Crippen MR) is 67.9 cm³/mol. The highest BCUT2D eigenvalue weighted by Gasteiger charge is 2.11. The van der Waals surface area contributed by atoms with E-state index in [1.54, 1.807) is 0 Å². The quantitative estimate of drug-likeness (QED) is 0.577. The first-order valence-electron chi connectivity index (χ1n) is 5.07. The molecule has 0 aliphatic heterocycles. The molecule has 1 aromatic carbocycles. The Bertz CT molecular complexity index is 404. The molecule has 1 aliphatic rings. The van der Waals surface area contributed by atoms with Crippen molar-refractivity contribution in [1.29, 1.82) is 0 Å². The van der Waals surface area contributed by atoms with Gasteiger partial charge in [-0.15, -0.1) is 0 Å². The molecule has 0 fully saturated rings. The van der Waals surface area contributed by atoms with Crippen LogP contribution in [0.2, 0.25) is 5.02 Å². The number of carboxylic acid groups (broad SMARTS) is 2. The minimum Gasteiger partial charge on any atom is -0.465 e. The van der Waals surface area contributed by atoms with Gasteiger partial charge in [-0.1, -0.05) is 23.7 Å². The van der Waals surface area contributed by atoms with E-state index in [-0.39, 0.29) is 0 Å². The number of halogens is 1. The zero-order valence-electron chi connectivity index (χ0n) is 9.60. The highest BCUT2D eigenvalue weighted by atomic mass is 35.5. The summed E-state index contributed by atoms with van der Waals surface area (Å²) in [7, 11) is 0. The molecule has 0 heterocycles. The molecule has 0 atom stereocenters. The molecular formula is C11H15ClN2O4. The fraction of sp³-hybridized carbons (Fsp3) is 0.273. The van der Waals surface area contributed by atoms with Gasteiger partial charge in [0.2, 0.25) is 0 Å². The Hall–Kier alpha value is -1.95. The van der Waals surface area contributed by atoms with Crippen LogP contribution in [-0.4, -0.2) is 22.4 Å². The van der Waals surface area contributed by atoms with Crippen molar-refractivity contribution in [3.8, 4) is 0 Å². The fourth-order valence-electron chi connectivity index (χ4n) is 1.57. The van der Waals surface area contributed by atoms with Crippen LogP contribution < -0.4 is 11.5 Å². The number of hydrogen-bond acceptors (Lipinski definition) is 2. The molecule has 0 bridgehead atoms. The standard InChI is InChI=1S/C9H9Cl.2CH3NO2/c10-9-6-2-4-7-3-1-5-8(7)9;2*2-1(3)4/h2,4,6H,1,3,5H2;2*2H2,(H,3,4). The molecule has 0 radical (unpaired) electrons. The minimum atomic E-state index is -1.33. The van der Waals surface area contributed by atoms with Crippen molar-refractivity contribution in [1.82, 2.24) is 0 Å². The second-order valence-electron chi connectivity index (χ2n) is 3.41. The zero-order chi connectivity index (χ0) is 14.1. The molecule has 6 N–H and O–H groups in total. The third-order valence-electron chi connectivity index (χ3n) is 2.09. The van der Waals surface area contributed by atoms with Gasteiger partial charge >= 0.3 is 12.2 Å². The normalized spacial score (nSPS) is 11.2. The van der Waals surface area contributed by atoms with E-state index in [0.717, 1.165) is 5.02 Å². The third-order valence-corrected chi connectivity index (χ3v) is 2.44. The molecule has 6 nitrogen and oxygen atoms in total. The summed E-state index contributed by atoms with van der Waals surface area (Å²) in [6.07, 6.45) is 1.00. The van der Waals surface area contributed by atoms with E-state index >= 15 is 0 Å². The smallest absolute Gasteiger partial charge is 0.402 e. The van der Waals surface area contributed by atoms with Crippen LogP contribution in [0, 0.1) is 0 Å². The topological polar surface area (TPSA) is 127 Å². The second-order valence-corrected chi connectivity index (χ2v) is 3.81. The summed E-state index contributed by atoms with van der Waals surface area (Å²) >= 11 is 5.97. The molecule has 18 heavy (non-hydrogen) atoms. The summed E-state index contributed by atoms with van der Waals surface area (Å²) in [5, 5.41) is 15.3. The fourth-order valence-corrected chi connectivity index (χ4v) is 1.86. The summed E-state index contributed by atoms with van der Waals surface area (Å²) in [5.74, 6) is 0. The molecular weight excluding hydrogens is 260 g/mol. The van der Waals surface area contributed by atoms with Crippen molar-refractivity contribution in [3.63, 3.8) is 0 Å². The lowest BCUT2D eigenvalue weighted by Crippen LogP contribution is -2.03. The molecule has 2 rings (SSSR count). The van der Waals surface area contributed by atoms with E-state index in [1.807, 2.05) is 12.1 Å². The average molecular weight is 275 g/mol. The van der Waals surface area contributed by atoms with Gasteiger partial charge in [-0.2, -0.15) is 0 Å². The number of amides is 2. The van der Waals surface area contributed by atoms with Gasteiger partial charge in [0.1, 0.15) is 0 Å². The SMILES string of the molecule is Clc1cccc2c1CCC2.NC(=O)O.NC(=O)O. The largest absolute Gasteiger partial charge is 0.465 e. The number of aryl methyl sites for hydroxylation is 1. The summed E-state index contributed by atoms with van der Waals surface area (Å²) in [6, 6.07) is 6.19. The Morgan fingerprint density at radius 2 is 1.61 bits per heavy atom. The Balaban J connectivity index is 0.000000307. The molecule has 0 aromatic heterocycles. The van der Waals surface area contributed by atoms with Crippen LogP contribution in [0.25, 0.3) is 0 Å². The molecule has 1 aromatic rings. The van der Waals surface area contributed by atoms with Crippen molar-refractivity contribution >= 4 is 23.8 Å². The minimum absolute atomic E-state index is 0.954. The lowest BCUT2D eigenvalue weighted by atomic mass is 10.1. The average Bonchev–Trinajstić information content (AvgIpc) is 2.65. The first-order chi connectivity index (χ1) is 8.34. The zero-order valence-corrected chi connectivity index (χ0v) is 10.4. The summed E-state index contributed by atoms with van der Waals surface area (Å²) in [5.41, 5.74) is 10.9. The van der Waals surface area contributed by atoms with Crippen LogP contribution in [0.5, 0.6) is 0 Å². The predicted octanol–water partition coefficient (Wildman–Crippen LogP) is 2.07. The highest BCUT2D eigenvalue weighted by molar-refractivity contribution is 6.31. The van der Waals surface area contributed by atoms with E-state index in [2.05, 4.69) is 17.5 Å². The lowest BCUT2D eigenvalue weighted by Gasteiger charge is -1.98. The number of nitrogens with two attached hydrogens (primary N) is 2. The molecule has 2 amide bonds. The Morgan fingerprint density at radius 3 is 2.06 bits per heavy atom. The third kappa shape index (κ3) is 7.34. The van der Waals surface area contributed by atoms with Gasteiger partial charge in [0.05, 0.1) is 0 Å². The molecule has 100 valence electrons. The van der Waals surface area contributed by atoms with Gasteiger partial charge in [-0.25, -0.2) is 9.59 Å². The Labute approximate surface area is 109 Å². The molecule has 0 spiro atoms. The van der Waals surface area contributed by atoms with Crippen molar-refractivity contribution in [2.45, 2.75) is 19.3 Å². The first-order valence-corrected chi connectivity index (χ1v) is 5.45. The van der Waals surface area contributed by atoms with E-state index in [0.29, 0.717) is 0 Å². The van der Waals surface area contributed by atoms with E-state index in [1.165, 1.54) is 30.4 Å². The van der Waals surface area contributed by atoms with Crippen LogP contribution in [0.1, 0.15) is 17.5 Å². The number of fused-ring (bicyclic) bond motifs is 1. The summed E-state index contributed by atoms with van der Waals surface area (Å²) in [4.78, 5) is 17.6. The van der Waals surface area contributed by atoms with E-state index < -0.39 is 12.2 Å². The van der Waals surface area contributed by atoms with Gasteiger partial charge < -0.3 is 21.7 Å². The maximum Gasteiger partial charge on any atom is 0.402 e. The van der Waals surface area contributed by atoms with Crippen molar-refractivity contribution in [2.75, 3.05) is 0 Å². The Morgan fingerprint density at radius 1 is 1.11 bits per heavy atom. The monoisotopic (exact) mass is 274 g/mol. The number of primary amides is 2. The van der Waals surface area contributed by atoms with E-state index in [9.17, 15) is 0 Å². The summed E-state index contributed by atoms with van der Waals surface area (Å²) in [6.45, 7) is 0.